The van der Waals surface area contributed by atoms with Gasteiger partial charge in [-0.2, -0.15) is 0 Å². The van der Waals surface area contributed by atoms with Gasteiger partial charge in [0.15, 0.2) is 5.11 Å². The van der Waals surface area contributed by atoms with Gasteiger partial charge in [0.2, 0.25) is 5.91 Å². The lowest BCUT2D eigenvalue weighted by Crippen LogP contribution is -2.33. The minimum atomic E-state index is -0.500. The number of carbonyl (C=O) groups excluding carboxylic acids is 2. The van der Waals surface area contributed by atoms with E-state index in [0.717, 1.165) is 0 Å². The molecule has 0 unspecified atom stereocenters. The van der Waals surface area contributed by atoms with E-state index in [1.54, 1.807) is 36.4 Å². The third-order valence-electron chi connectivity index (χ3n) is 2.76. The second-order valence-corrected chi connectivity index (χ2v) is 4.74. The molecule has 0 bridgehead atoms. The van der Waals surface area contributed by atoms with E-state index in [-0.39, 0.29) is 5.11 Å². The predicted molar refractivity (Wildman–Crippen MR) is 89.9 cm³/mol. The Bertz CT molecular complexity index is 738. The standard InChI is InChI=1S/C16H14N2O4S/c1-21-15(20)12-6-2-3-7-13(12)17-16(23)18-14(19)9-8-11-5-4-10-22-11/h2-10H,1H3,(H2,17,18,19,23). The number of benzene rings is 1. The molecule has 23 heavy (non-hydrogen) atoms. The quantitative estimate of drug-likeness (QED) is 0.509. The third-order valence-corrected chi connectivity index (χ3v) is 2.96. The second-order valence-electron chi connectivity index (χ2n) is 4.33. The molecular weight excluding hydrogens is 316 g/mol. The van der Waals surface area contributed by atoms with Crippen molar-refractivity contribution in [2.45, 2.75) is 0 Å². The maximum atomic E-state index is 11.8. The van der Waals surface area contributed by atoms with Crippen LogP contribution in [0.4, 0.5) is 5.69 Å². The number of rotatable bonds is 4. The summed E-state index contributed by atoms with van der Waals surface area (Å²) in [6.45, 7) is 0. The second kappa shape index (κ2) is 7.90. The molecule has 1 aromatic carbocycles. The molecule has 7 heteroatoms. The molecule has 0 saturated carbocycles. The van der Waals surface area contributed by atoms with E-state index in [0.29, 0.717) is 17.0 Å². The SMILES string of the molecule is COC(=O)c1ccccc1NC(=S)NC(=O)C=Cc1ccco1. The van der Waals surface area contributed by atoms with Crippen LogP contribution >= 0.6 is 12.2 Å². The summed E-state index contributed by atoms with van der Waals surface area (Å²) in [5.41, 5.74) is 0.761. The van der Waals surface area contributed by atoms with E-state index in [2.05, 4.69) is 15.4 Å². The number of nitrogens with one attached hydrogen (secondary N) is 2. The minimum absolute atomic E-state index is 0.0652. The Balaban J connectivity index is 1.97. The van der Waals surface area contributed by atoms with Crippen LogP contribution in [0.5, 0.6) is 0 Å². The molecule has 1 amide bonds. The van der Waals surface area contributed by atoms with Crippen LogP contribution in [0, 0.1) is 0 Å². The number of anilines is 1. The van der Waals surface area contributed by atoms with Gasteiger partial charge in [-0.1, -0.05) is 12.1 Å². The van der Waals surface area contributed by atoms with Crippen molar-refractivity contribution in [3.05, 3.63) is 60.1 Å². The number of para-hydroxylation sites is 1. The van der Waals surface area contributed by atoms with Gasteiger partial charge in [-0.25, -0.2) is 4.79 Å². The van der Waals surface area contributed by atoms with Gasteiger partial charge in [0, 0.05) is 6.08 Å². The number of esters is 1. The summed E-state index contributed by atoms with van der Waals surface area (Å²) in [4.78, 5) is 23.4. The molecule has 2 N–H and O–H groups in total. The van der Waals surface area contributed by atoms with Crippen molar-refractivity contribution in [3.63, 3.8) is 0 Å². The van der Waals surface area contributed by atoms with Gasteiger partial charge in [0.05, 0.1) is 24.6 Å². The van der Waals surface area contributed by atoms with Gasteiger partial charge in [0.1, 0.15) is 5.76 Å². The highest BCUT2D eigenvalue weighted by Gasteiger charge is 2.12. The van der Waals surface area contributed by atoms with Crippen LogP contribution in [-0.4, -0.2) is 24.1 Å². The van der Waals surface area contributed by atoms with Gasteiger partial charge < -0.3 is 14.5 Å². The summed E-state index contributed by atoms with van der Waals surface area (Å²) in [5, 5.41) is 5.33. The Labute approximate surface area is 138 Å². The molecule has 0 aliphatic rings. The normalized spacial score (nSPS) is 10.3. The van der Waals surface area contributed by atoms with E-state index in [4.69, 9.17) is 16.6 Å². The summed E-state index contributed by atoms with van der Waals surface area (Å²) in [6, 6.07) is 10.1. The lowest BCUT2D eigenvalue weighted by molar-refractivity contribution is -0.115. The van der Waals surface area contributed by atoms with Crippen LogP contribution in [-0.2, 0) is 9.53 Å². The maximum absolute atomic E-state index is 11.8. The van der Waals surface area contributed by atoms with E-state index < -0.39 is 11.9 Å². The highest BCUT2D eigenvalue weighted by Crippen LogP contribution is 2.15. The number of thiocarbonyl (C=S) groups is 1. The van der Waals surface area contributed by atoms with Crippen molar-refractivity contribution in [3.8, 4) is 0 Å². The van der Waals surface area contributed by atoms with E-state index in [1.165, 1.54) is 25.5 Å². The first kappa shape index (κ1) is 16.4. The van der Waals surface area contributed by atoms with Crippen LogP contribution < -0.4 is 10.6 Å². The number of amides is 1. The molecular formula is C16H14N2O4S. The average Bonchev–Trinajstić information content (AvgIpc) is 3.06. The lowest BCUT2D eigenvalue weighted by atomic mass is 10.2. The molecule has 0 aliphatic carbocycles. The smallest absolute Gasteiger partial charge is 0.339 e. The molecule has 0 radical (unpaired) electrons. The van der Waals surface area contributed by atoms with Gasteiger partial charge in [-0.3, -0.25) is 10.1 Å². The van der Waals surface area contributed by atoms with Gasteiger partial charge >= 0.3 is 5.97 Å². The zero-order valence-electron chi connectivity index (χ0n) is 12.2. The van der Waals surface area contributed by atoms with E-state index in [9.17, 15) is 9.59 Å². The monoisotopic (exact) mass is 330 g/mol. The molecule has 0 fully saturated rings. The largest absolute Gasteiger partial charge is 0.465 e. The zero-order chi connectivity index (χ0) is 16.7. The molecule has 1 aromatic heterocycles. The zero-order valence-corrected chi connectivity index (χ0v) is 13.1. The number of ether oxygens (including phenoxy) is 1. The summed E-state index contributed by atoms with van der Waals surface area (Å²) in [7, 11) is 1.29. The molecule has 0 spiro atoms. The van der Waals surface area contributed by atoms with Crippen LogP contribution in [0.2, 0.25) is 0 Å². The molecule has 0 saturated heterocycles. The fraction of sp³-hybridized carbons (Fsp3) is 0.0625. The third kappa shape index (κ3) is 4.79. The van der Waals surface area contributed by atoms with Crippen LogP contribution in [0.15, 0.2) is 53.2 Å². The highest BCUT2D eigenvalue weighted by atomic mass is 32.1. The molecule has 0 aliphatic heterocycles. The van der Waals surface area contributed by atoms with Crippen molar-refractivity contribution < 1.29 is 18.7 Å². The van der Waals surface area contributed by atoms with Crippen molar-refractivity contribution in [2.24, 2.45) is 0 Å². The Morgan fingerprint density at radius 1 is 1.22 bits per heavy atom. The van der Waals surface area contributed by atoms with Gasteiger partial charge in [0.25, 0.3) is 0 Å². The molecule has 118 valence electrons. The first-order chi connectivity index (χ1) is 11.1. The summed E-state index contributed by atoms with van der Waals surface area (Å²) >= 11 is 5.06. The Kier molecular flexibility index (Phi) is 5.65. The Morgan fingerprint density at radius 3 is 2.70 bits per heavy atom. The predicted octanol–water partition coefficient (Wildman–Crippen LogP) is 2.59. The molecule has 0 atom stereocenters. The molecule has 2 rings (SSSR count). The first-order valence-corrected chi connectivity index (χ1v) is 7.02. The van der Waals surface area contributed by atoms with E-state index in [1.807, 2.05) is 0 Å². The van der Waals surface area contributed by atoms with Crippen molar-refractivity contribution >= 4 is 41.0 Å². The van der Waals surface area contributed by atoms with Crippen LogP contribution in [0.1, 0.15) is 16.1 Å². The number of hydrogen-bond acceptors (Lipinski definition) is 5. The van der Waals surface area contributed by atoms with E-state index >= 15 is 0 Å². The summed E-state index contributed by atoms with van der Waals surface area (Å²) in [6.07, 6.45) is 4.31. The molecule has 6 nitrogen and oxygen atoms in total. The topological polar surface area (TPSA) is 80.6 Å². The molecule has 2 aromatic rings. The Morgan fingerprint density at radius 2 is 2.00 bits per heavy atom. The highest BCUT2D eigenvalue weighted by molar-refractivity contribution is 7.80. The van der Waals surface area contributed by atoms with Crippen LogP contribution in [0.25, 0.3) is 6.08 Å². The fourth-order valence-corrected chi connectivity index (χ4v) is 1.94. The van der Waals surface area contributed by atoms with Crippen molar-refractivity contribution in [1.82, 2.24) is 5.32 Å². The number of hydrogen-bond donors (Lipinski definition) is 2. The maximum Gasteiger partial charge on any atom is 0.339 e. The van der Waals surface area contributed by atoms with Crippen molar-refractivity contribution in [2.75, 3.05) is 12.4 Å². The fourth-order valence-electron chi connectivity index (χ4n) is 1.73. The van der Waals surface area contributed by atoms with Crippen LogP contribution in [0.3, 0.4) is 0 Å². The Hall–Kier alpha value is -2.93. The van der Waals surface area contributed by atoms with Crippen molar-refractivity contribution in [1.29, 1.82) is 0 Å². The lowest BCUT2D eigenvalue weighted by Gasteiger charge is -2.11. The molecule has 1 heterocycles. The minimum Gasteiger partial charge on any atom is -0.465 e. The average molecular weight is 330 g/mol. The summed E-state index contributed by atoms with van der Waals surface area (Å²) < 4.78 is 9.76. The van der Waals surface area contributed by atoms with Gasteiger partial charge in [-0.15, -0.1) is 0 Å². The van der Waals surface area contributed by atoms with Gasteiger partial charge in [-0.05, 0) is 42.6 Å². The number of carbonyl (C=O) groups is 2. The number of furan rings is 1. The first-order valence-electron chi connectivity index (χ1n) is 6.61. The summed E-state index contributed by atoms with van der Waals surface area (Å²) in [5.74, 6) is -0.371. The number of methoxy groups -OCH3 is 1.